The van der Waals surface area contributed by atoms with Crippen LogP contribution in [0.1, 0.15) is 213 Å². The molecule has 0 saturated carbocycles. The molecule has 0 aromatic rings. The molecule has 240 valence electrons. The number of hydrogen-bond donors (Lipinski definition) is 3. The van der Waals surface area contributed by atoms with Crippen molar-refractivity contribution in [3.8, 4) is 0 Å². The summed E-state index contributed by atoms with van der Waals surface area (Å²) in [6, 6.07) is 0. The largest absolute Gasteiger partial charge is 0.393 e. The minimum atomic E-state index is -1.37. The quantitative estimate of drug-likeness (QED) is 0.0473. The molecule has 4 radical (unpaired) electrons. The third-order valence-corrected chi connectivity index (χ3v) is 9.21. The van der Waals surface area contributed by atoms with Crippen LogP contribution >= 0.6 is 0 Å². The van der Waals surface area contributed by atoms with Gasteiger partial charge in [0.15, 0.2) is 0 Å². The van der Waals surface area contributed by atoms with Crippen LogP contribution in [0.4, 0.5) is 0 Å². The van der Waals surface area contributed by atoms with E-state index in [1.54, 1.807) is 0 Å². The zero-order chi connectivity index (χ0) is 28.9. The topological polar surface area (TPSA) is 60.7 Å². The van der Waals surface area contributed by atoms with Gasteiger partial charge in [-0.3, -0.25) is 0 Å². The second-order valence-electron chi connectivity index (χ2n) is 13.0. The molecule has 0 bridgehead atoms. The van der Waals surface area contributed by atoms with E-state index in [-0.39, 0.29) is 33.9 Å². The summed E-state index contributed by atoms with van der Waals surface area (Å²) in [5, 5.41) is 33.7. The SMILES string of the molecule is CCCCCCCCCCCC(O)(CO)C(O)(CCCCCCCCCCC)CCCCCCCCCCC.[Pb]. The second-order valence-corrected chi connectivity index (χ2v) is 13.0. The summed E-state index contributed by atoms with van der Waals surface area (Å²) < 4.78 is 0. The average molecular weight is 762 g/mol. The summed E-state index contributed by atoms with van der Waals surface area (Å²) in [6.45, 7) is 6.46. The Balaban J connectivity index is 0. The Morgan fingerprint density at radius 3 is 0.750 bits per heavy atom. The van der Waals surface area contributed by atoms with Crippen LogP contribution in [-0.4, -0.2) is 60.4 Å². The third-order valence-electron chi connectivity index (χ3n) is 9.21. The molecule has 1 unspecified atom stereocenters. The zero-order valence-corrected chi connectivity index (χ0v) is 31.6. The molecule has 3 N–H and O–H groups in total. The van der Waals surface area contributed by atoms with E-state index < -0.39 is 11.2 Å². The van der Waals surface area contributed by atoms with Gasteiger partial charge in [0, 0.05) is 27.3 Å². The molecule has 0 aliphatic carbocycles. The van der Waals surface area contributed by atoms with Crippen molar-refractivity contribution in [2.24, 2.45) is 0 Å². The van der Waals surface area contributed by atoms with E-state index in [2.05, 4.69) is 20.8 Å². The van der Waals surface area contributed by atoms with Crippen LogP contribution in [0.3, 0.4) is 0 Å². The van der Waals surface area contributed by atoms with Crippen molar-refractivity contribution < 1.29 is 15.3 Å². The number of aliphatic hydroxyl groups is 3. The summed E-state index contributed by atoms with van der Waals surface area (Å²) in [6.07, 6.45) is 35.3. The fourth-order valence-corrected chi connectivity index (χ4v) is 6.23. The Kier molecular flexibility index (Phi) is 33.5. The number of rotatable bonds is 32. The van der Waals surface area contributed by atoms with E-state index in [0.717, 1.165) is 38.5 Å². The molecule has 0 rings (SSSR count). The van der Waals surface area contributed by atoms with Crippen LogP contribution in [0.25, 0.3) is 0 Å². The van der Waals surface area contributed by atoms with E-state index in [0.29, 0.717) is 19.3 Å². The Bertz CT molecular complexity index is 465. The van der Waals surface area contributed by atoms with Gasteiger partial charge in [-0.15, -0.1) is 0 Å². The maximum absolute atomic E-state index is 11.8. The molecule has 0 amide bonds. The van der Waals surface area contributed by atoms with Gasteiger partial charge in [-0.25, -0.2) is 0 Å². The van der Waals surface area contributed by atoms with Gasteiger partial charge < -0.3 is 15.3 Å². The van der Waals surface area contributed by atoms with Gasteiger partial charge >= 0.3 is 0 Å². The van der Waals surface area contributed by atoms with Crippen molar-refractivity contribution in [3.05, 3.63) is 0 Å². The fraction of sp³-hybridized carbons (Fsp3) is 1.00. The van der Waals surface area contributed by atoms with Crippen molar-refractivity contribution in [2.75, 3.05) is 6.61 Å². The van der Waals surface area contributed by atoms with Gasteiger partial charge in [0.25, 0.3) is 0 Å². The van der Waals surface area contributed by atoms with Crippen LogP contribution in [0, 0.1) is 0 Å². The molecule has 0 aromatic heterocycles. The van der Waals surface area contributed by atoms with E-state index in [9.17, 15) is 15.3 Å². The monoisotopic (exact) mass is 763 g/mol. The van der Waals surface area contributed by atoms with Crippen molar-refractivity contribution in [1.29, 1.82) is 0 Å². The maximum Gasteiger partial charge on any atom is 0.116 e. The first kappa shape index (κ1) is 42.9. The van der Waals surface area contributed by atoms with E-state index >= 15 is 0 Å². The van der Waals surface area contributed by atoms with Crippen molar-refractivity contribution in [3.63, 3.8) is 0 Å². The van der Waals surface area contributed by atoms with Crippen LogP contribution < -0.4 is 0 Å². The van der Waals surface area contributed by atoms with Gasteiger partial charge in [0.05, 0.1) is 12.2 Å². The van der Waals surface area contributed by atoms with Crippen molar-refractivity contribution >= 4 is 27.3 Å². The minimum absolute atomic E-state index is 0. The molecule has 3 nitrogen and oxygen atoms in total. The van der Waals surface area contributed by atoms with Crippen molar-refractivity contribution in [1.82, 2.24) is 0 Å². The standard InChI is InChI=1S/C36H74O3.Pb/c1-4-7-10-13-16-19-22-25-28-31-35(38,32-29-26-23-20-17-14-11-8-5-2)36(39,34-37)33-30-27-24-21-18-15-12-9-6-3;/h37-39H,4-34H2,1-3H3;. The van der Waals surface area contributed by atoms with E-state index in [4.69, 9.17) is 0 Å². The molecule has 0 aliphatic rings. The van der Waals surface area contributed by atoms with Gasteiger partial charge in [0.2, 0.25) is 0 Å². The normalized spacial score (nSPS) is 13.3. The zero-order valence-electron chi connectivity index (χ0n) is 27.8. The summed E-state index contributed by atoms with van der Waals surface area (Å²) in [7, 11) is 0. The predicted molar refractivity (Wildman–Crippen MR) is 178 cm³/mol. The molecular formula is C36H74O3Pb. The summed E-state index contributed by atoms with van der Waals surface area (Å²) in [5.41, 5.74) is -2.53. The number of aliphatic hydroxyl groups excluding tert-OH is 1. The van der Waals surface area contributed by atoms with Crippen LogP contribution in [-0.2, 0) is 0 Å². The fourth-order valence-electron chi connectivity index (χ4n) is 6.23. The molecule has 4 heteroatoms. The Hall–Kier alpha value is 0.802. The summed E-state index contributed by atoms with van der Waals surface area (Å²) in [5.74, 6) is 0. The molecule has 0 spiro atoms. The summed E-state index contributed by atoms with van der Waals surface area (Å²) >= 11 is 0. The Morgan fingerprint density at radius 2 is 0.525 bits per heavy atom. The van der Waals surface area contributed by atoms with E-state index in [1.807, 2.05) is 0 Å². The van der Waals surface area contributed by atoms with Gasteiger partial charge in [-0.2, -0.15) is 0 Å². The molecule has 0 fully saturated rings. The first-order chi connectivity index (χ1) is 19.0. The Morgan fingerprint density at radius 1 is 0.325 bits per heavy atom. The van der Waals surface area contributed by atoms with Crippen LogP contribution in [0.5, 0.6) is 0 Å². The molecule has 0 heterocycles. The van der Waals surface area contributed by atoms with Gasteiger partial charge in [0.1, 0.15) is 5.60 Å². The van der Waals surface area contributed by atoms with Gasteiger partial charge in [-0.1, -0.05) is 194 Å². The molecule has 0 aromatic carbocycles. The molecule has 0 saturated heterocycles. The Labute approximate surface area is 272 Å². The molecule has 40 heavy (non-hydrogen) atoms. The van der Waals surface area contributed by atoms with E-state index in [1.165, 1.54) is 135 Å². The summed E-state index contributed by atoms with van der Waals surface area (Å²) in [4.78, 5) is 0. The van der Waals surface area contributed by atoms with Crippen molar-refractivity contribution in [2.45, 2.75) is 225 Å². The van der Waals surface area contributed by atoms with Gasteiger partial charge in [-0.05, 0) is 19.3 Å². The number of unbranched alkanes of at least 4 members (excludes halogenated alkanes) is 24. The first-order valence-electron chi connectivity index (χ1n) is 18.0. The smallest absolute Gasteiger partial charge is 0.116 e. The minimum Gasteiger partial charge on any atom is -0.393 e. The maximum atomic E-state index is 11.8. The molecular weight excluding hydrogens is 688 g/mol. The van der Waals surface area contributed by atoms with Crippen LogP contribution in [0.15, 0.2) is 0 Å². The first-order valence-corrected chi connectivity index (χ1v) is 18.0. The predicted octanol–water partition coefficient (Wildman–Crippen LogP) is 10.8. The number of hydrogen-bond acceptors (Lipinski definition) is 3. The van der Waals surface area contributed by atoms with Crippen LogP contribution in [0.2, 0.25) is 0 Å². The second kappa shape index (κ2) is 31.2. The average Bonchev–Trinajstić information content (AvgIpc) is 2.94. The molecule has 0 aliphatic heterocycles. The third kappa shape index (κ3) is 23.3. The molecule has 1 atom stereocenters.